The topological polar surface area (TPSA) is 61.6 Å². The number of carbonyl (C=O) groups is 1. The summed E-state index contributed by atoms with van der Waals surface area (Å²) < 4.78 is 49.8. The van der Waals surface area contributed by atoms with Gasteiger partial charge in [0.1, 0.15) is 17.2 Å². The minimum Gasteiger partial charge on any atom is -0.479 e. The first-order chi connectivity index (χ1) is 13.7. The van der Waals surface area contributed by atoms with Crippen molar-refractivity contribution < 1.29 is 27.4 Å². The second-order valence-electron chi connectivity index (χ2n) is 6.21. The summed E-state index contributed by atoms with van der Waals surface area (Å²) in [5.74, 6) is 0.207. The number of halogens is 4. The molecule has 0 radical (unpaired) electrons. The van der Waals surface area contributed by atoms with Crippen LogP contribution in [0.2, 0.25) is 5.02 Å². The third-order valence-electron chi connectivity index (χ3n) is 4.03. The van der Waals surface area contributed by atoms with Gasteiger partial charge < -0.3 is 15.2 Å². The van der Waals surface area contributed by atoms with E-state index < -0.39 is 23.8 Å². The highest BCUT2D eigenvalue weighted by atomic mass is 35.5. The lowest BCUT2D eigenvalue weighted by Gasteiger charge is -2.19. The van der Waals surface area contributed by atoms with Crippen molar-refractivity contribution >= 4 is 29.3 Å². The summed E-state index contributed by atoms with van der Waals surface area (Å²) >= 11 is 7.36. The average molecular weight is 448 g/mol. The van der Waals surface area contributed by atoms with Crippen LogP contribution in [0, 0.1) is 0 Å². The minimum atomic E-state index is -4.49. The number of ether oxygens (including phenoxy) is 2. The maximum atomic E-state index is 12.8. The van der Waals surface area contributed by atoms with Crippen LogP contribution < -0.4 is 15.2 Å². The lowest BCUT2D eigenvalue weighted by Crippen LogP contribution is -2.33. The molecule has 0 saturated carbocycles. The van der Waals surface area contributed by atoms with Crippen LogP contribution in [-0.4, -0.2) is 18.3 Å². The Kier molecular flexibility index (Phi) is 8.10. The minimum absolute atomic E-state index is 0.0694. The maximum absolute atomic E-state index is 12.8. The Hall–Kier alpha value is -2.06. The van der Waals surface area contributed by atoms with Gasteiger partial charge in [0.15, 0.2) is 6.10 Å². The van der Waals surface area contributed by atoms with E-state index in [1.54, 1.807) is 18.2 Å². The van der Waals surface area contributed by atoms with Crippen LogP contribution in [0.1, 0.15) is 31.7 Å². The van der Waals surface area contributed by atoms with Crippen LogP contribution in [0.25, 0.3) is 0 Å². The molecule has 0 saturated heterocycles. The Labute approximate surface area is 176 Å². The van der Waals surface area contributed by atoms with E-state index in [-0.39, 0.29) is 10.8 Å². The molecule has 29 heavy (non-hydrogen) atoms. The molecule has 4 nitrogen and oxygen atoms in total. The molecule has 0 spiro atoms. The second kappa shape index (κ2) is 10.1. The van der Waals surface area contributed by atoms with E-state index in [1.807, 2.05) is 13.2 Å². The monoisotopic (exact) mass is 447 g/mol. The van der Waals surface area contributed by atoms with Gasteiger partial charge in [-0.25, -0.2) is 0 Å². The van der Waals surface area contributed by atoms with Crippen molar-refractivity contribution in [2.45, 2.75) is 43.4 Å². The van der Waals surface area contributed by atoms with Gasteiger partial charge in [0.2, 0.25) is 0 Å². The number of unbranched alkanes of at least 4 members (excludes halogenated alkanes) is 1. The molecule has 0 heterocycles. The zero-order valence-electron chi connectivity index (χ0n) is 15.9. The molecule has 1 atom stereocenters. The fraction of sp³-hybridized carbons (Fsp3) is 0.350. The van der Waals surface area contributed by atoms with Gasteiger partial charge in [-0.3, -0.25) is 4.79 Å². The number of benzene rings is 2. The zero-order valence-corrected chi connectivity index (χ0v) is 17.5. The van der Waals surface area contributed by atoms with E-state index in [0.29, 0.717) is 17.9 Å². The molecule has 0 aliphatic carbocycles. The lowest BCUT2D eigenvalue weighted by atomic mass is 10.1. The molecule has 2 rings (SSSR count). The molecule has 9 heteroatoms. The van der Waals surface area contributed by atoms with Crippen LogP contribution >= 0.6 is 23.4 Å². The van der Waals surface area contributed by atoms with Crippen LogP contribution in [0.4, 0.5) is 13.2 Å². The third-order valence-corrected chi connectivity index (χ3v) is 5.10. The van der Waals surface area contributed by atoms with Gasteiger partial charge >= 0.3 is 6.18 Å². The van der Waals surface area contributed by atoms with E-state index in [1.165, 1.54) is 11.8 Å². The summed E-state index contributed by atoms with van der Waals surface area (Å²) in [6.07, 6.45) is -1.29. The fourth-order valence-corrected chi connectivity index (χ4v) is 3.23. The first-order valence-electron chi connectivity index (χ1n) is 8.84. The number of hydrogen-bond donors (Lipinski definition) is 1. The van der Waals surface area contributed by atoms with Crippen molar-refractivity contribution in [3.63, 3.8) is 0 Å². The summed E-state index contributed by atoms with van der Waals surface area (Å²) in [4.78, 5) is 12.5. The van der Waals surface area contributed by atoms with Crippen LogP contribution in [0.5, 0.6) is 17.2 Å². The molecule has 2 aromatic carbocycles. The predicted octanol–water partition coefficient (Wildman–Crippen LogP) is 6.30. The van der Waals surface area contributed by atoms with Crippen molar-refractivity contribution in [2.24, 2.45) is 5.73 Å². The molecule has 2 N–H and O–H groups in total. The highest BCUT2D eigenvalue weighted by molar-refractivity contribution is 7.98. The van der Waals surface area contributed by atoms with E-state index in [4.69, 9.17) is 26.8 Å². The first kappa shape index (κ1) is 23.2. The first-order valence-corrected chi connectivity index (χ1v) is 10.4. The number of amides is 1. The van der Waals surface area contributed by atoms with Gasteiger partial charge in [-0.1, -0.05) is 24.9 Å². The lowest BCUT2D eigenvalue weighted by molar-refractivity contribution is -0.137. The fourth-order valence-electron chi connectivity index (χ4n) is 2.50. The molecular weight excluding hydrogens is 427 g/mol. The molecule has 1 amide bonds. The molecule has 1 unspecified atom stereocenters. The van der Waals surface area contributed by atoms with Gasteiger partial charge in [0, 0.05) is 11.0 Å². The molecule has 158 valence electrons. The summed E-state index contributed by atoms with van der Waals surface area (Å²) in [6.45, 7) is 1.99. The predicted molar refractivity (Wildman–Crippen MR) is 108 cm³/mol. The van der Waals surface area contributed by atoms with Crippen LogP contribution in [0.3, 0.4) is 0 Å². The van der Waals surface area contributed by atoms with E-state index in [2.05, 4.69) is 0 Å². The largest absolute Gasteiger partial charge is 0.479 e. The standard InChI is InChI=1S/C20H21ClF3NO3S/c1-3-4-5-16(19(25)26)28-17-11-13(7-9-18(17)29-2)27-15-8-6-12(10-14(15)21)20(22,23)24/h6-11,16H,3-5H2,1-2H3,(H2,25,26). The number of nitrogens with two attached hydrogens (primary N) is 1. The number of hydrogen-bond acceptors (Lipinski definition) is 4. The number of thioether (sulfide) groups is 1. The molecule has 0 aromatic heterocycles. The quantitative estimate of drug-likeness (QED) is 0.458. The highest BCUT2D eigenvalue weighted by Crippen LogP contribution is 2.38. The zero-order chi connectivity index (χ0) is 21.6. The molecule has 0 aliphatic rings. The van der Waals surface area contributed by atoms with E-state index in [9.17, 15) is 18.0 Å². The number of alkyl halides is 3. The normalized spacial score (nSPS) is 12.5. The smallest absolute Gasteiger partial charge is 0.416 e. The van der Waals surface area contributed by atoms with Gasteiger partial charge in [-0.15, -0.1) is 11.8 Å². The van der Waals surface area contributed by atoms with Gasteiger partial charge in [0.05, 0.1) is 10.6 Å². The van der Waals surface area contributed by atoms with Crippen LogP contribution in [0.15, 0.2) is 41.3 Å². The summed E-state index contributed by atoms with van der Waals surface area (Å²) in [6, 6.07) is 7.77. The SMILES string of the molecule is CCCCC(Oc1cc(Oc2ccc(C(F)(F)F)cc2Cl)ccc1SC)C(N)=O. The number of carbonyl (C=O) groups excluding carboxylic acids is 1. The molecule has 0 aliphatic heterocycles. The second-order valence-corrected chi connectivity index (χ2v) is 7.46. The number of rotatable bonds is 9. The van der Waals surface area contributed by atoms with E-state index in [0.717, 1.165) is 35.9 Å². The van der Waals surface area contributed by atoms with Gasteiger partial charge in [-0.05, 0) is 49.4 Å². The Morgan fingerprint density at radius 1 is 1.21 bits per heavy atom. The van der Waals surface area contributed by atoms with Crippen molar-refractivity contribution in [3.05, 3.63) is 47.0 Å². The maximum Gasteiger partial charge on any atom is 0.416 e. The third kappa shape index (κ3) is 6.47. The highest BCUT2D eigenvalue weighted by Gasteiger charge is 2.31. The molecular formula is C20H21ClF3NO3S. The van der Waals surface area contributed by atoms with Crippen molar-refractivity contribution in [3.8, 4) is 17.2 Å². The Balaban J connectivity index is 2.27. The Bertz CT molecular complexity index is 861. The average Bonchev–Trinajstić information content (AvgIpc) is 2.65. The molecule has 0 bridgehead atoms. The van der Waals surface area contributed by atoms with Crippen molar-refractivity contribution in [1.82, 2.24) is 0 Å². The Morgan fingerprint density at radius 3 is 2.48 bits per heavy atom. The molecule has 0 fully saturated rings. The molecule has 2 aromatic rings. The summed E-state index contributed by atoms with van der Waals surface area (Å²) in [7, 11) is 0. The summed E-state index contributed by atoms with van der Waals surface area (Å²) in [5, 5.41) is -0.172. The van der Waals surface area contributed by atoms with Crippen molar-refractivity contribution in [2.75, 3.05) is 6.26 Å². The van der Waals surface area contributed by atoms with E-state index >= 15 is 0 Å². The van der Waals surface area contributed by atoms with Crippen molar-refractivity contribution in [1.29, 1.82) is 0 Å². The Morgan fingerprint density at radius 2 is 1.93 bits per heavy atom. The summed E-state index contributed by atoms with van der Waals surface area (Å²) in [5.41, 5.74) is 4.57. The van der Waals surface area contributed by atoms with Gasteiger partial charge in [0.25, 0.3) is 5.91 Å². The van der Waals surface area contributed by atoms with Crippen LogP contribution in [-0.2, 0) is 11.0 Å². The number of primary amides is 1. The van der Waals surface area contributed by atoms with Gasteiger partial charge in [-0.2, -0.15) is 13.2 Å².